The van der Waals surface area contributed by atoms with Gasteiger partial charge in [0.05, 0.1) is 11.1 Å². The van der Waals surface area contributed by atoms with Crippen molar-refractivity contribution < 1.29 is 24.6 Å². The number of hydrogen-bond donors (Lipinski definition) is 2. The minimum absolute atomic E-state index is 0.140. The van der Waals surface area contributed by atoms with Crippen LogP contribution in [0.1, 0.15) is 44.7 Å². The average molecular weight is 348 g/mol. The zero-order chi connectivity index (χ0) is 18.7. The van der Waals surface area contributed by atoms with E-state index in [1.165, 1.54) is 12.1 Å². The van der Waals surface area contributed by atoms with Crippen LogP contribution in [0.15, 0.2) is 59.7 Å². The number of allylic oxidation sites excluding steroid dienone is 2. The lowest BCUT2D eigenvalue weighted by molar-refractivity contribution is -0.111. The van der Waals surface area contributed by atoms with Gasteiger partial charge in [-0.25, -0.2) is 9.59 Å². The fourth-order valence-corrected chi connectivity index (χ4v) is 2.99. The molecule has 1 aliphatic carbocycles. The molecule has 3 rings (SSSR count). The van der Waals surface area contributed by atoms with Crippen LogP contribution in [-0.2, 0) is 4.79 Å². The Bertz CT molecular complexity index is 888. The molecule has 5 heteroatoms. The molecular weight excluding hydrogens is 332 g/mol. The Balaban J connectivity index is 1.95. The molecule has 1 aliphatic rings. The fourth-order valence-electron chi connectivity index (χ4n) is 2.99. The highest BCUT2D eigenvalue weighted by Crippen LogP contribution is 2.30. The number of rotatable bonds is 4. The maximum atomic E-state index is 12.6. The van der Waals surface area contributed by atoms with E-state index in [1.54, 1.807) is 48.6 Å². The predicted octanol–water partition coefficient (Wildman–Crippen LogP) is 3.91. The topological polar surface area (TPSA) is 91.7 Å². The molecule has 1 saturated carbocycles. The van der Waals surface area contributed by atoms with Crippen molar-refractivity contribution in [3.8, 4) is 0 Å². The summed E-state index contributed by atoms with van der Waals surface area (Å²) in [4.78, 5) is 35.3. The SMILES string of the molecule is O=C1/C(=C/c2ccccc2C(=O)O)CC/C1=C\c1ccccc1C(=O)O. The molecule has 0 aromatic heterocycles. The summed E-state index contributed by atoms with van der Waals surface area (Å²) in [6, 6.07) is 13.0. The lowest BCUT2D eigenvalue weighted by atomic mass is 10.0. The summed E-state index contributed by atoms with van der Waals surface area (Å²) in [5.41, 5.74) is 2.30. The van der Waals surface area contributed by atoms with Crippen LogP contribution in [0.4, 0.5) is 0 Å². The highest BCUT2D eigenvalue weighted by atomic mass is 16.4. The number of carbonyl (C=O) groups excluding carboxylic acids is 1. The van der Waals surface area contributed by atoms with Crippen LogP contribution in [0.5, 0.6) is 0 Å². The van der Waals surface area contributed by atoms with E-state index in [-0.39, 0.29) is 16.9 Å². The first kappa shape index (κ1) is 17.4. The van der Waals surface area contributed by atoms with Crippen LogP contribution >= 0.6 is 0 Å². The van der Waals surface area contributed by atoms with Gasteiger partial charge >= 0.3 is 11.9 Å². The minimum atomic E-state index is -1.05. The third-order valence-corrected chi connectivity index (χ3v) is 4.29. The molecule has 5 nitrogen and oxygen atoms in total. The second-order valence-corrected chi connectivity index (χ2v) is 5.95. The predicted molar refractivity (Wildman–Crippen MR) is 97.0 cm³/mol. The molecule has 0 amide bonds. The number of carboxylic acids is 2. The summed E-state index contributed by atoms with van der Waals surface area (Å²) in [6.07, 6.45) is 4.20. The Morgan fingerprint density at radius 2 is 1.12 bits per heavy atom. The van der Waals surface area contributed by atoms with Gasteiger partial charge in [0.2, 0.25) is 0 Å². The van der Waals surface area contributed by atoms with Gasteiger partial charge < -0.3 is 10.2 Å². The third kappa shape index (κ3) is 3.47. The van der Waals surface area contributed by atoms with Gasteiger partial charge in [-0.2, -0.15) is 0 Å². The van der Waals surface area contributed by atoms with Crippen molar-refractivity contribution in [2.24, 2.45) is 0 Å². The van der Waals surface area contributed by atoms with Gasteiger partial charge in [-0.3, -0.25) is 4.79 Å². The molecule has 0 radical (unpaired) electrons. The Kier molecular flexibility index (Phi) is 4.80. The van der Waals surface area contributed by atoms with Gasteiger partial charge in [0.15, 0.2) is 5.78 Å². The Labute approximate surface area is 149 Å². The van der Waals surface area contributed by atoms with Crippen LogP contribution in [-0.4, -0.2) is 27.9 Å². The lowest BCUT2D eigenvalue weighted by Gasteiger charge is -2.03. The summed E-state index contributed by atoms with van der Waals surface area (Å²) in [5.74, 6) is -2.27. The van der Waals surface area contributed by atoms with E-state index in [1.807, 2.05) is 0 Å². The Morgan fingerprint density at radius 3 is 1.50 bits per heavy atom. The number of carbonyl (C=O) groups is 3. The first-order chi connectivity index (χ1) is 12.5. The maximum absolute atomic E-state index is 12.6. The number of aromatic carboxylic acids is 2. The first-order valence-electron chi connectivity index (χ1n) is 8.08. The van der Waals surface area contributed by atoms with Crippen molar-refractivity contribution in [1.29, 1.82) is 0 Å². The summed E-state index contributed by atoms with van der Waals surface area (Å²) in [7, 11) is 0. The van der Waals surface area contributed by atoms with Crippen LogP contribution < -0.4 is 0 Å². The van der Waals surface area contributed by atoms with Crippen molar-refractivity contribution in [1.82, 2.24) is 0 Å². The second-order valence-electron chi connectivity index (χ2n) is 5.95. The molecule has 0 bridgehead atoms. The minimum Gasteiger partial charge on any atom is -0.478 e. The highest BCUT2D eigenvalue weighted by molar-refractivity contribution is 6.16. The molecule has 0 saturated heterocycles. The van der Waals surface area contributed by atoms with Gasteiger partial charge in [-0.1, -0.05) is 36.4 Å². The molecule has 0 spiro atoms. The third-order valence-electron chi connectivity index (χ3n) is 4.29. The largest absolute Gasteiger partial charge is 0.478 e. The van der Waals surface area contributed by atoms with E-state index in [2.05, 4.69) is 0 Å². The van der Waals surface area contributed by atoms with Crippen LogP contribution in [0.25, 0.3) is 12.2 Å². The molecule has 1 fully saturated rings. The molecule has 0 heterocycles. The van der Waals surface area contributed by atoms with E-state index in [4.69, 9.17) is 0 Å². The monoisotopic (exact) mass is 348 g/mol. The average Bonchev–Trinajstić information content (AvgIpc) is 2.96. The first-order valence-corrected chi connectivity index (χ1v) is 8.08. The van der Waals surface area contributed by atoms with E-state index in [0.717, 1.165) is 0 Å². The van der Waals surface area contributed by atoms with Gasteiger partial charge in [-0.15, -0.1) is 0 Å². The van der Waals surface area contributed by atoms with E-state index < -0.39 is 11.9 Å². The number of carboxylic acid groups (broad SMARTS) is 2. The molecular formula is C21H16O5. The quantitative estimate of drug-likeness (QED) is 0.817. The standard InChI is InChI=1S/C21H16O5/c22-19-15(11-13-5-1-3-7-17(13)20(23)24)9-10-16(19)12-14-6-2-4-8-18(14)21(25)26/h1-8,11-12H,9-10H2,(H,23,24)(H,25,26)/b15-11+,16-12+. The highest BCUT2D eigenvalue weighted by Gasteiger charge is 2.24. The summed E-state index contributed by atoms with van der Waals surface area (Å²) < 4.78 is 0. The number of ketones is 1. The molecule has 2 aromatic rings. The fraction of sp³-hybridized carbons (Fsp3) is 0.0952. The normalized spacial score (nSPS) is 17.0. The Hall–Kier alpha value is -3.47. The number of benzene rings is 2. The number of hydrogen-bond acceptors (Lipinski definition) is 3. The van der Waals surface area contributed by atoms with Gasteiger partial charge in [0.1, 0.15) is 0 Å². The van der Waals surface area contributed by atoms with Crippen molar-refractivity contribution in [3.63, 3.8) is 0 Å². The zero-order valence-corrected chi connectivity index (χ0v) is 13.8. The molecule has 2 aromatic carbocycles. The van der Waals surface area contributed by atoms with Crippen LogP contribution in [0.2, 0.25) is 0 Å². The lowest BCUT2D eigenvalue weighted by Crippen LogP contribution is -2.02. The van der Waals surface area contributed by atoms with Gasteiger partial charge in [0, 0.05) is 11.1 Å². The molecule has 0 unspecified atom stereocenters. The molecule has 26 heavy (non-hydrogen) atoms. The molecule has 2 N–H and O–H groups in total. The zero-order valence-electron chi connectivity index (χ0n) is 13.8. The molecule has 0 aliphatic heterocycles. The summed E-state index contributed by atoms with van der Waals surface area (Å²) in [6.45, 7) is 0. The summed E-state index contributed by atoms with van der Waals surface area (Å²) in [5, 5.41) is 18.5. The van der Waals surface area contributed by atoms with Gasteiger partial charge in [-0.05, 0) is 48.3 Å². The van der Waals surface area contributed by atoms with Crippen molar-refractivity contribution >= 4 is 29.9 Å². The van der Waals surface area contributed by atoms with Crippen molar-refractivity contribution in [3.05, 3.63) is 81.9 Å². The van der Waals surface area contributed by atoms with Crippen molar-refractivity contribution in [2.75, 3.05) is 0 Å². The van der Waals surface area contributed by atoms with Crippen LogP contribution in [0.3, 0.4) is 0 Å². The second kappa shape index (κ2) is 7.19. The summed E-state index contributed by atoms with van der Waals surface area (Å²) >= 11 is 0. The van der Waals surface area contributed by atoms with E-state index in [0.29, 0.717) is 35.1 Å². The Morgan fingerprint density at radius 1 is 0.731 bits per heavy atom. The maximum Gasteiger partial charge on any atom is 0.336 e. The smallest absolute Gasteiger partial charge is 0.336 e. The van der Waals surface area contributed by atoms with Crippen molar-refractivity contribution in [2.45, 2.75) is 12.8 Å². The van der Waals surface area contributed by atoms with E-state index in [9.17, 15) is 24.6 Å². The van der Waals surface area contributed by atoms with E-state index >= 15 is 0 Å². The molecule has 0 atom stereocenters. The van der Waals surface area contributed by atoms with Crippen LogP contribution in [0, 0.1) is 0 Å². The number of Topliss-reactive ketones (excluding diaryl/α,β-unsaturated/α-hetero) is 1. The van der Waals surface area contributed by atoms with Gasteiger partial charge in [0.25, 0.3) is 0 Å². The molecule has 130 valence electrons.